The standard InChI is InChI=1S/C42H47N3O3/c1-5-7-27-48-40(46)35(28-30(3)31-17-11-8-12-18-31)29-42(4,6-2)41(47)43-36-25-23-34(24-26-36)39-44-37(32-19-13-9-14-20-32)38(45-39)33-21-15-10-16-22-33/h8-26,30,35H,5-7,27-29H2,1-4H3,(H,43,47)(H,44,45). The Bertz CT molecular complexity index is 1690. The summed E-state index contributed by atoms with van der Waals surface area (Å²) in [6.45, 7) is 8.58. The lowest BCUT2D eigenvalue weighted by molar-refractivity contribution is -0.150. The molecule has 48 heavy (non-hydrogen) atoms. The van der Waals surface area contributed by atoms with Gasteiger partial charge in [-0.15, -0.1) is 0 Å². The van der Waals surface area contributed by atoms with Gasteiger partial charge in [-0.1, -0.05) is 125 Å². The van der Waals surface area contributed by atoms with Crippen molar-refractivity contribution in [3.63, 3.8) is 0 Å². The monoisotopic (exact) mass is 641 g/mol. The van der Waals surface area contributed by atoms with Gasteiger partial charge in [0.2, 0.25) is 5.91 Å². The number of nitrogens with one attached hydrogen (secondary N) is 2. The number of benzene rings is 4. The van der Waals surface area contributed by atoms with Gasteiger partial charge in [0, 0.05) is 27.8 Å². The lowest BCUT2D eigenvalue weighted by atomic mass is 9.75. The highest BCUT2D eigenvalue weighted by atomic mass is 16.5. The number of unbranched alkanes of at least 4 members (excludes halogenated alkanes) is 1. The van der Waals surface area contributed by atoms with Gasteiger partial charge in [-0.05, 0) is 61.4 Å². The Labute approximate surface area is 285 Å². The number of imidazole rings is 1. The van der Waals surface area contributed by atoms with E-state index in [1.165, 1.54) is 5.56 Å². The highest BCUT2D eigenvalue weighted by Crippen LogP contribution is 2.37. The maximum Gasteiger partial charge on any atom is 0.308 e. The highest BCUT2D eigenvalue weighted by molar-refractivity contribution is 5.95. The van der Waals surface area contributed by atoms with Crippen LogP contribution in [0.1, 0.15) is 71.3 Å². The van der Waals surface area contributed by atoms with Crippen LogP contribution in [0.25, 0.3) is 33.9 Å². The van der Waals surface area contributed by atoms with E-state index in [-0.39, 0.29) is 17.8 Å². The molecule has 0 spiro atoms. The summed E-state index contributed by atoms with van der Waals surface area (Å²) in [6.07, 6.45) is 3.40. The van der Waals surface area contributed by atoms with Gasteiger partial charge in [0.25, 0.3) is 0 Å². The second-order valence-corrected chi connectivity index (χ2v) is 13.0. The molecule has 0 saturated carbocycles. The van der Waals surface area contributed by atoms with Crippen LogP contribution in [0, 0.1) is 11.3 Å². The second-order valence-electron chi connectivity index (χ2n) is 13.0. The van der Waals surface area contributed by atoms with E-state index in [2.05, 4.69) is 60.5 Å². The van der Waals surface area contributed by atoms with Crippen LogP contribution in [0.5, 0.6) is 0 Å². The number of anilines is 1. The largest absolute Gasteiger partial charge is 0.465 e. The topological polar surface area (TPSA) is 84.1 Å². The fourth-order valence-electron chi connectivity index (χ4n) is 6.11. The molecule has 0 aliphatic carbocycles. The molecule has 248 valence electrons. The normalized spacial score (nSPS) is 13.7. The van der Waals surface area contributed by atoms with Crippen LogP contribution in [-0.2, 0) is 14.3 Å². The maximum atomic E-state index is 13.9. The van der Waals surface area contributed by atoms with E-state index in [9.17, 15) is 9.59 Å². The van der Waals surface area contributed by atoms with Crippen LogP contribution in [0.2, 0.25) is 0 Å². The molecule has 5 rings (SSSR count). The summed E-state index contributed by atoms with van der Waals surface area (Å²) in [4.78, 5) is 35.8. The van der Waals surface area contributed by atoms with Gasteiger partial charge in [0.1, 0.15) is 5.82 Å². The number of nitrogens with zero attached hydrogens (tertiary/aromatic N) is 1. The van der Waals surface area contributed by atoms with Crippen LogP contribution in [0.4, 0.5) is 5.69 Å². The van der Waals surface area contributed by atoms with Gasteiger partial charge < -0.3 is 15.0 Å². The third-order valence-electron chi connectivity index (χ3n) is 9.34. The minimum atomic E-state index is -0.764. The molecule has 0 saturated heterocycles. The molecule has 0 aliphatic heterocycles. The molecular weight excluding hydrogens is 594 g/mol. The van der Waals surface area contributed by atoms with Crippen molar-refractivity contribution in [2.24, 2.45) is 11.3 Å². The SMILES string of the molecule is CCCCOC(=O)C(CC(C)c1ccccc1)CC(C)(CC)C(=O)Nc1ccc(-c2nc(-c3ccccc3)c(-c3ccccc3)[nH]2)cc1. The highest BCUT2D eigenvalue weighted by Gasteiger charge is 2.38. The van der Waals surface area contributed by atoms with E-state index in [0.29, 0.717) is 31.6 Å². The Morgan fingerprint density at radius 3 is 2.02 bits per heavy atom. The zero-order valence-corrected chi connectivity index (χ0v) is 28.5. The fourth-order valence-corrected chi connectivity index (χ4v) is 6.11. The first-order valence-corrected chi connectivity index (χ1v) is 17.2. The van der Waals surface area contributed by atoms with Gasteiger partial charge >= 0.3 is 5.97 Å². The number of aromatic amines is 1. The summed E-state index contributed by atoms with van der Waals surface area (Å²) >= 11 is 0. The fraction of sp³-hybridized carbons (Fsp3) is 0.310. The minimum Gasteiger partial charge on any atom is -0.465 e. The number of amides is 1. The number of H-pyrrole nitrogens is 1. The molecule has 1 heterocycles. The van der Waals surface area contributed by atoms with Crippen molar-refractivity contribution in [3.8, 4) is 33.9 Å². The predicted octanol–water partition coefficient (Wildman–Crippen LogP) is 10.3. The second kappa shape index (κ2) is 16.2. The number of aromatic nitrogens is 2. The van der Waals surface area contributed by atoms with E-state index in [0.717, 1.165) is 46.7 Å². The lowest BCUT2D eigenvalue weighted by Crippen LogP contribution is -2.37. The average molecular weight is 642 g/mol. The maximum absolute atomic E-state index is 13.9. The summed E-state index contributed by atoms with van der Waals surface area (Å²) in [5.74, 6) is 0.184. The molecule has 0 bridgehead atoms. The van der Waals surface area contributed by atoms with Crippen molar-refractivity contribution in [1.29, 1.82) is 0 Å². The van der Waals surface area contributed by atoms with Crippen molar-refractivity contribution in [1.82, 2.24) is 9.97 Å². The Morgan fingerprint density at radius 2 is 1.42 bits per heavy atom. The van der Waals surface area contributed by atoms with Crippen molar-refractivity contribution < 1.29 is 14.3 Å². The summed E-state index contributed by atoms with van der Waals surface area (Å²) in [7, 11) is 0. The number of ether oxygens (including phenoxy) is 1. The van der Waals surface area contributed by atoms with Gasteiger partial charge in [-0.25, -0.2) is 4.98 Å². The van der Waals surface area contributed by atoms with E-state index in [1.807, 2.05) is 92.7 Å². The Balaban J connectivity index is 1.33. The van der Waals surface area contributed by atoms with Crippen molar-refractivity contribution >= 4 is 17.6 Å². The summed E-state index contributed by atoms with van der Waals surface area (Å²) in [6, 6.07) is 38.3. The number of esters is 1. The average Bonchev–Trinajstić information content (AvgIpc) is 3.58. The molecule has 1 aromatic heterocycles. The first-order valence-electron chi connectivity index (χ1n) is 17.2. The lowest BCUT2D eigenvalue weighted by Gasteiger charge is -2.31. The minimum absolute atomic E-state index is 0.104. The molecule has 0 radical (unpaired) electrons. The predicted molar refractivity (Wildman–Crippen MR) is 195 cm³/mol. The Morgan fingerprint density at radius 1 is 0.812 bits per heavy atom. The third kappa shape index (κ3) is 8.48. The smallest absolute Gasteiger partial charge is 0.308 e. The van der Waals surface area contributed by atoms with Crippen molar-refractivity contribution in [3.05, 3.63) is 121 Å². The molecule has 0 aliphatic rings. The van der Waals surface area contributed by atoms with Gasteiger partial charge in [0.15, 0.2) is 0 Å². The molecule has 6 nitrogen and oxygen atoms in total. The number of carbonyl (C=O) groups excluding carboxylic acids is 2. The number of hydrogen-bond acceptors (Lipinski definition) is 4. The quantitative estimate of drug-likeness (QED) is 0.0880. The molecular formula is C42H47N3O3. The van der Waals surface area contributed by atoms with Crippen LogP contribution in [0.15, 0.2) is 115 Å². The summed E-state index contributed by atoms with van der Waals surface area (Å²) in [5, 5.41) is 3.14. The van der Waals surface area contributed by atoms with Gasteiger partial charge in [-0.2, -0.15) is 0 Å². The molecule has 3 atom stereocenters. The zero-order chi connectivity index (χ0) is 33.9. The Kier molecular flexibility index (Phi) is 11.6. The summed E-state index contributed by atoms with van der Waals surface area (Å²) < 4.78 is 5.71. The third-order valence-corrected chi connectivity index (χ3v) is 9.34. The molecule has 5 aromatic rings. The van der Waals surface area contributed by atoms with Gasteiger partial charge in [0.05, 0.1) is 23.9 Å². The van der Waals surface area contributed by atoms with E-state index >= 15 is 0 Å². The van der Waals surface area contributed by atoms with E-state index in [4.69, 9.17) is 9.72 Å². The molecule has 0 fully saturated rings. The van der Waals surface area contributed by atoms with Crippen LogP contribution in [-0.4, -0.2) is 28.5 Å². The molecule has 6 heteroatoms. The number of rotatable bonds is 15. The zero-order valence-electron chi connectivity index (χ0n) is 28.5. The van der Waals surface area contributed by atoms with Crippen LogP contribution >= 0.6 is 0 Å². The summed E-state index contributed by atoms with van der Waals surface area (Å²) in [5.41, 5.74) is 5.96. The first-order chi connectivity index (χ1) is 23.3. The molecule has 4 aromatic carbocycles. The van der Waals surface area contributed by atoms with E-state index < -0.39 is 11.3 Å². The van der Waals surface area contributed by atoms with Crippen molar-refractivity contribution in [2.75, 3.05) is 11.9 Å². The number of carbonyl (C=O) groups is 2. The molecule has 3 unspecified atom stereocenters. The van der Waals surface area contributed by atoms with Crippen LogP contribution < -0.4 is 5.32 Å². The van der Waals surface area contributed by atoms with Crippen molar-refractivity contribution in [2.45, 2.75) is 65.7 Å². The van der Waals surface area contributed by atoms with Gasteiger partial charge in [-0.3, -0.25) is 9.59 Å². The molecule has 1 amide bonds. The van der Waals surface area contributed by atoms with E-state index in [1.54, 1.807) is 0 Å². The van der Waals surface area contributed by atoms with Crippen LogP contribution in [0.3, 0.4) is 0 Å². The Hall–Kier alpha value is -4.97. The number of hydrogen-bond donors (Lipinski definition) is 2. The first kappa shape index (κ1) is 34.4. The molecule has 2 N–H and O–H groups in total.